The maximum absolute atomic E-state index is 10.7. The molecule has 0 aromatic heterocycles. The van der Waals surface area contributed by atoms with E-state index >= 15 is 0 Å². The Hall–Kier alpha value is -1.31. The lowest BCUT2D eigenvalue weighted by Crippen LogP contribution is -1.95. The van der Waals surface area contributed by atoms with Crippen LogP contribution in [0, 0.1) is 0 Å². The van der Waals surface area contributed by atoms with Crippen molar-refractivity contribution < 1.29 is 9.90 Å². The van der Waals surface area contributed by atoms with Crippen molar-refractivity contribution >= 4 is 6.29 Å². The number of hydrogen-bond acceptors (Lipinski definition) is 2. The molecule has 0 saturated heterocycles. The number of benzene rings is 1. The minimum atomic E-state index is 0.236. The van der Waals surface area contributed by atoms with Crippen LogP contribution in [0.3, 0.4) is 0 Å². The van der Waals surface area contributed by atoms with Crippen LogP contribution in [0.4, 0.5) is 0 Å². The lowest BCUT2D eigenvalue weighted by molar-refractivity contribution is 0.112. The fourth-order valence-corrected chi connectivity index (χ4v) is 1.52. The van der Waals surface area contributed by atoms with E-state index in [1.54, 1.807) is 12.1 Å². The van der Waals surface area contributed by atoms with Gasteiger partial charge in [-0.25, -0.2) is 0 Å². The third-order valence-corrected chi connectivity index (χ3v) is 2.38. The molecule has 0 aliphatic rings. The smallest absolute Gasteiger partial charge is 0.150 e. The first-order chi connectivity index (χ1) is 6.60. The standard InChI is InChI=1S/C12H16O2/c1-4-10-5-9(7-13)6-11(8(2)3)12(10)14/h5-8,14H,4H2,1-3H3. The normalized spacial score (nSPS) is 10.6. The fraction of sp³-hybridized carbons (Fsp3) is 0.417. The van der Waals surface area contributed by atoms with Gasteiger partial charge in [0.2, 0.25) is 0 Å². The van der Waals surface area contributed by atoms with E-state index in [2.05, 4.69) is 0 Å². The molecule has 0 bridgehead atoms. The third kappa shape index (κ3) is 1.95. The molecule has 76 valence electrons. The van der Waals surface area contributed by atoms with Crippen LogP contribution >= 0.6 is 0 Å². The number of carbonyl (C=O) groups is 1. The zero-order valence-corrected chi connectivity index (χ0v) is 8.87. The highest BCUT2D eigenvalue weighted by atomic mass is 16.3. The number of phenolic OH excluding ortho intramolecular Hbond substituents is 1. The number of aromatic hydroxyl groups is 1. The molecule has 1 aromatic rings. The van der Waals surface area contributed by atoms with E-state index in [9.17, 15) is 9.90 Å². The first-order valence-corrected chi connectivity index (χ1v) is 4.91. The Labute approximate surface area is 84.6 Å². The van der Waals surface area contributed by atoms with Gasteiger partial charge in [0, 0.05) is 5.56 Å². The average Bonchev–Trinajstić information content (AvgIpc) is 2.17. The quantitative estimate of drug-likeness (QED) is 0.748. The Balaban J connectivity index is 3.34. The maximum Gasteiger partial charge on any atom is 0.150 e. The zero-order chi connectivity index (χ0) is 10.7. The molecule has 0 amide bonds. The van der Waals surface area contributed by atoms with Crippen LogP contribution in [0.1, 0.15) is 48.2 Å². The molecule has 0 spiro atoms. The molecule has 0 saturated carbocycles. The van der Waals surface area contributed by atoms with Crippen LogP contribution in [0.15, 0.2) is 12.1 Å². The minimum absolute atomic E-state index is 0.236. The van der Waals surface area contributed by atoms with Gasteiger partial charge in [-0.2, -0.15) is 0 Å². The topological polar surface area (TPSA) is 37.3 Å². The minimum Gasteiger partial charge on any atom is -0.507 e. The summed E-state index contributed by atoms with van der Waals surface area (Å²) >= 11 is 0. The Morgan fingerprint density at radius 1 is 1.43 bits per heavy atom. The van der Waals surface area contributed by atoms with E-state index in [1.807, 2.05) is 20.8 Å². The van der Waals surface area contributed by atoms with Crippen molar-refractivity contribution in [2.75, 3.05) is 0 Å². The summed E-state index contributed by atoms with van der Waals surface area (Å²) in [6, 6.07) is 3.50. The number of rotatable bonds is 3. The molecule has 0 unspecified atom stereocenters. The van der Waals surface area contributed by atoms with E-state index < -0.39 is 0 Å². The van der Waals surface area contributed by atoms with Gasteiger partial charge in [-0.1, -0.05) is 20.8 Å². The molecule has 1 N–H and O–H groups in total. The molecular formula is C12H16O2. The summed E-state index contributed by atoms with van der Waals surface area (Å²) in [6.45, 7) is 5.97. The summed E-state index contributed by atoms with van der Waals surface area (Å²) in [6.07, 6.45) is 1.57. The Bertz CT molecular complexity index is 340. The second-order valence-electron chi connectivity index (χ2n) is 3.74. The Morgan fingerprint density at radius 2 is 2.07 bits per heavy atom. The van der Waals surface area contributed by atoms with E-state index in [1.165, 1.54) is 0 Å². The first kappa shape index (κ1) is 10.8. The average molecular weight is 192 g/mol. The van der Waals surface area contributed by atoms with Gasteiger partial charge in [0.05, 0.1) is 0 Å². The van der Waals surface area contributed by atoms with E-state index in [0.29, 0.717) is 11.3 Å². The van der Waals surface area contributed by atoms with E-state index in [-0.39, 0.29) is 5.92 Å². The van der Waals surface area contributed by atoms with Crippen molar-refractivity contribution in [3.8, 4) is 5.75 Å². The molecule has 14 heavy (non-hydrogen) atoms. The predicted molar refractivity (Wildman–Crippen MR) is 57.0 cm³/mol. The van der Waals surface area contributed by atoms with Crippen LogP contribution in [0.2, 0.25) is 0 Å². The van der Waals surface area contributed by atoms with Crippen LogP contribution in [-0.2, 0) is 6.42 Å². The van der Waals surface area contributed by atoms with Gasteiger partial charge in [0.1, 0.15) is 12.0 Å². The maximum atomic E-state index is 10.7. The highest BCUT2D eigenvalue weighted by Gasteiger charge is 2.11. The predicted octanol–water partition coefficient (Wildman–Crippen LogP) is 2.89. The van der Waals surface area contributed by atoms with Gasteiger partial charge in [0.15, 0.2) is 0 Å². The van der Waals surface area contributed by atoms with Crippen molar-refractivity contribution in [2.45, 2.75) is 33.1 Å². The van der Waals surface area contributed by atoms with E-state index in [4.69, 9.17) is 0 Å². The lowest BCUT2D eigenvalue weighted by Gasteiger charge is -2.12. The van der Waals surface area contributed by atoms with Gasteiger partial charge in [-0.05, 0) is 35.6 Å². The van der Waals surface area contributed by atoms with Gasteiger partial charge >= 0.3 is 0 Å². The van der Waals surface area contributed by atoms with Crippen molar-refractivity contribution in [1.82, 2.24) is 0 Å². The van der Waals surface area contributed by atoms with Gasteiger partial charge < -0.3 is 5.11 Å². The van der Waals surface area contributed by atoms with Gasteiger partial charge in [-0.15, -0.1) is 0 Å². The van der Waals surface area contributed by atoms with Crippen molar-refractivity contribution in [2.24, 2.45) is 0 Å². The van der Waals surface area contributed by atoms with Gasteiger partial charge in [-0.3, -0.25) is 4.79 Å². The highest BCUT2D eigenvalue weighted by molar-refractivity contribution is 5.76. The van der Waals surface area contributed by atoms with Crippen molar-refractivity contribution in [3.05, 3.63) is 28.8 Å². The SMILES string of the molecule is CCc1cc(C=O)cc(C(C)C)c1O. The van der Waals surface area contributed by atoms with Crippen molar-refractivity contribution in [1.29, 1.82) is 0 Å². The highest BCUT2D eigenvalue weighted by Crippen LogP contribution is 2.30. The monoisotopic (exact) mass is 192 g/mol. The summed E-state index contributed by atoms with van der Waals surface area (Å²) in [4.78, 5) is 10.7. The molecule has 0 aliphatic carbocycles. The number of aryl methyl sites for hydroxylation is 1. The van der Waals surface area contributed by atoms with Crippen LogP contribution in [-0.4, -0.2) is 11.4 Å². The van der Waals surface area contributed by atoms with Crippen molar-refractivity contribution in [3.63, 3.8) is 0 Å². The summed E-state index contributed by atoms with van der Waals surface area (Å²) in [7, 11) is 0. The van der Waals surface area contributed by atoms with Crippen LogP contribution < -0.4 is 0 Å². The molecule has 0 radical (unpaired) electrons. The molecule has 0 fully saturated rings. The van der Waals surface area contributed by atoms with Gasteiger partial charge in [0.25, 0.3) is 0 Å². The zero-order valence-electron chi connectivity index (χ0n) is 8.87. The summed E-state index contributed by atoms with van der Waals surface area (Å²) < 4.78 is 0. The molecular weight excluding hydrogens is 176 g/mol. The largest absolute Gasteiger partial charge is 0.507 e. The van der Waals surface area contributed by atoms with Crippen LogP contribution in [0.25, 0.3) is 0 Å². The number of hydrogen-bond donors (Lipinski definition) is 1. The molecule has 2 nitrogen and oxygen atoms in total. The summed E-state index contributed by atoms with van der Waals surface area (Å²) in [5, 5.41) is 9.86. The second kappa shape index (κ2) is 4.27. The second-order valence-corrected chi connectivity index (χ2v) is 3.74. The van der Waals surface area contributed by atoms with E-state index in [0.717, 1.165) is 23.8 Å². The summed E-state index contributed by atoms with van der Waals surface area (Å²) in [5.74, 6) is 0.577. The Kier molecular flexibility index (Phi) is 3.28. The number of aldehydes is 1. The molecule has 0 aliphatic heterocycles. The Morgan fingerprint density at radius 3 is 2.50 bits per heavy atom. The molecule has 0 atom stereocenters. The molecule has 1 rings (SSSR count). The fourth-order valence-electron chi connectivity index (χ4n) is 1.52. The third-order valence-electron chi connectivity index (χ3n) is 2.38. The number of phenols is 1. The molecule has 2 heteroatoms. The lowest BCUT2D eigenvalue weighted by atomic mass is 9.95. The molecule has 1 aromatic carbocycles. The number of carbonyl (C=O) groups excluding carboxylic acids is 1. The first-order valence-electron chi connectivity index (χ1n) is 4.91. The van der Waals surface area contributed by atoms with Crippen LogP contribution in [0.5, 0.6) is 5.75 Å². The summed E-state index contributed by atoms with van der Waals surface area (Å²) in [5.41, 5.74) is 2.34. The molecule has 0 heterocycles.